The molecule has 0 aliphatic heterocycles. The zero-order valence-electron chi connectivity index (χ0n) is 47.1. The minimum atomic E-state index is 0.414. The molecule has 0 bridgehead atoms. The molecule has 0 saturated carbocycles. The van der Waals surface area contributed by atoms with Gasteiger partial charge in [-0.3, -0.25) is 0 Å². The fourth-order valence-corrected chi connectivity index (χ4v) is 15.1. The highest BCUT2D eigenvalue weighted by Gasteiger charge is 2.28. The first kappa shape index (κ1) is 48.1. The van der Waals surface area contributed by atoms with Gasteiger partial charge in [-0.1, -0.05) is 158 Å². The predicted molar refractivity (Wildman–Crippen MR) is 363 cm³/mol. The first-order valence-corrected chi connectivity index (χ1v) is 29.7. The van der Waals surface area contributed by atoms with Crippen LogP contribution in [0.15, 0.2) is 279 Å². The summed E-state index contributed by atoms with van der Waals surface area (Å²) in [4.78, 5) is 4.50. The van der Waals surface area contributed by atoms with Crippen LogP contribution in [0.25, 0.3) is 170 Å². The van der Waals surface area contributed by atoms with Crippen molar-refractivity contribution < 1.29 is 0 Å². The van der Waals surface area contributed by atoms with Gasteiger partial charge in [0.1, 0.15) is 6.07 Å². The molecule has 6 aromatic heterocycles. The van der Waals surface area contributed by atoms with Crippen molar-refractivity contribution in [3.05, 3.63) is 296 Å². The van der Waals surface area contributed by atoms with E-state index in [1.54, 1.807) is 0 Å². The molecule has 6 heterocycles. The van der Waals surface area contributed by atoms with E-state index >= 15 is 0 Å². The summed E-state index contributed by atoms with van der Waals surface area (Å²) < 4.78 is 14.0. The molecule has 0 radical (unpaired) electrons. The molecule has 0 spiro atoms. The van der Waals surface area contributed by atoms with Crippen molar-refractivity contribution in [3.63, 3.8) is 0 Å². The monoisotopic (exact) mass is 1120 g/mol. The lowest BCUT2D eigenvalue weighted by molar-refractivity contribution is 1.14. The van der Waals surface area contributed by atoms with E-state index in [9.17, 15) is 11.8 Å². The van der Waals surface area contributed by atoms with E-state index in [4.69, 9.17) is 0 Å². The molecular formula is C80H46N8. The van der Waals surface area contributed by atoms with Crippen molar-refractivity contribution in [3.8, 4) is 40.2 Å². The van der Waals surface area contributed by atoms with E-state index < -0.39 is 0 Å². The van der Waals surface area contributed by atoms with Crippen molar-refractivity contribution in [2.24, 2.45) is 0 Å². The summed E-state index contributed by atoms with van der Waals surface area (Å²) in [6, 6.07) is 102. The van der Waals surface area contributed by atoms with E-state index in [2.05, 4.69) is 305 Å². The summed E-state index contributed by atoms with van der Waals surface area (Å²) in [5, 5.41) is 25.1. The second-order valence-corrected chi connectivity index (χ2v) is 23.0. The van der Waals surface area contributed by atoms with Gasteiger partial charge in [-0.25, -0.2) is 4.85 Å². The molecule has 0 aliphatic rings. The average Bonchev–Trinajstić information content (AvgIpc) is 1.97. The van der Waals surface area contributed by atoms with Crippen LogP contribution in [0.5, 0.6) is 0 Å². The minimum absolute atomic E-state index is 0.414. The molecule has 0 amide bonds. The lowest BCUT2D eigenvalue weighted by Crippen LogP contribution is -2.02. The maximum absolute atomic E-state index is 11.9. The Kier molecular flexibility index (Phi) is 9.87. The zero-order valence-corrected chi connectivity index (χ0v) is 47.1. The van der Waals surface area contributed by atoms with Gasteiger partial charge < -0.3 is 27.4 Å². The van der Waals surface area contributed by atoms with Gasteiger partial charge in [0, 0.05) is 76.0 Å². The van der Waals surface area contributed by atoms with Gasteiger partial charge in [0.05, 0.1) is 101 Å². The Bertz CT molecular complexity index is 5830. The number of rotatable bonds is 6. The number of para-hydroxylation sites is 8. The molecule has 8 nitrogen and oxygen atoms in total. The van der Waals surface area contributed by atoms with Gasteiger partial charge in [0.2, 0.25) is 5.69 Å². The third-order valence-electron chi connectivity index (χ3n) is 18.6. The fourth-order valence-electron chi connectivity index (χ4n) is 15.1. The lowest BCUT2D eigenvalue weighted by Gasteiger charge is -2.16. The van der Waals surface area contributed by atoms with Gasteiger partial charge >= 0.3 is 0 Å². The Labute approximate surface area is 502 Å². The predicted octanol–water partition coefficient (Wildman–Crippen LogP) is 20.7. The van der Waals surface area contributed by atoms with Crippen LogP contribution in [0.3, 0.4) is 0 Å². The van der Waals surface area contributed by atoms with Gasteiger partial charge in [-0.2, -0.15) is 5.26 Å². The number of hydrogen-bond donors (Lipinski definition) is 0. The maximum Gasteiger partial charge on any atom is 0.212 e. The SMILES string of the molecule is [C-]#[N+]c1cc(-n2c3cc4c5ccccc5n(-c5ccccc5)c4cc3c3c(-n4c5ccccc5c5ccccc54)cccc32)c(C#N)cc1-n1c2cc3c4ccccc4n(-c4ccccc4)c3cc2c2c(-n3c4ccccc4c4ccccc43)cccc21. The van der Waals surface area contributed by atoms with Gasteiger partial charge in [0.15, 0.2) is 0 Å². The number of aromatic nitrogens is 6. The number of hydrogen-bond acceptors (Lipinski definition) is 1. The third-order valence-corrected chi connectivity index (χ3v) is 18.6. The Balaban J connectivity index is 0.939. The van der Waals surface area contributed by atoms with Crippen molar-refractivity contribution in [2.75, 3.05) is 0 Å². The van der Waals surface area contributed by atoms with Crippen LogP contribution in [0.2, 0.25) is 0 Å². The Hall–Kier alpha value is -12.4. The lowest BCUT2D eigenvalue weighted by atomic mass is 10.1. The van der Waals surface area contributed by atoms with E-state index in [0.29, 0.717) is 22.6 Å². The molecule has 19 rings (SSSR count). The number of nitriles is 1. The molecule has 0 unspecified atom stereocenters. The van der Waals surface area contributed by atoms with Crippen LogP contribution in [-0.4, -0.2) is 27.4 Å². The highest BCUT2D eigenvalue weighted by Crippen LogP contribution is 2.48. The smallest absolute Gasteiger partial charge is 0.212 e. The Morgan fingerprint density at radius 1 is 0.250 bits per heavy atom. The van der Waals surface area contributed by atoms with Crippen LogP contribution < -0.4 is 0 Å². The molecule has 88 heavy (non-hydrogen) atoms. The summed E-state index contributed by atoms with van der Waals surface area (Å²) in [5.41, 5.74) is 18.7. The van der Waals surface area contributed by atoms with Gasteiger partial charge in [-0.15, -0.1) is 0 Å². The Morgan fingerprint density at radius 3 is 0.943 bits per heavy atom. The Morgan fingerprint density at radius 2 is 0.557 bits per heavy atom. The van der Waals surface area contributed by atoms with Crippen molar-refractivity contribution >= 4 is 137 Å². The second-order valence-electron chi connectivity index (χ2n) is 23.0. The van der Waals surface area contributed by atoms with Crippen molar-refractivity contribution in [1.82, 2.24) is 27.4 Å². The second kappa shape index (κ2) is 18.1. The maximum atomic E-state index is 11.9. The summed E-state index contributed by atoms with van der Waals surface area (Å²) >= 11 is 0. The average molecular weight is 1120 g/mol. The van der Waals surface area contributed by atoms with Crippen molar-refractivity contribution in [2.45, 2.75) is 0 Å². The van der Waals surface area contributed by atoms with Crippen LogP contribution in [0, 0.1) is 17.9 Å². The van der Waals surface area contributed by atoms with E-state index in [1.165, 1.54) is 21.5 Å². The first-order chi connectivity index (χ1) is 43.6. The summed E-state index contributed by atoms with van der Waals surface area (Å²) in [6.45, 7) is 9.32. The summed E-state index contributed by atoms with van der Waals surface area (Å²) in [6.07, 6.45) is 0. The van der Waals surface area contributed by atoms with Crippen LogP contribution >= 0.6 is 0 Å². The van der Waals surface area contributed by atoms with Crippen molar-refractivity contribution in [1.29, 1.82) is 5.26 Å². The van der Waals surface area contributed by atoms with E-state index in [1.807, 2.05) is 12.1 Å². The standard InChI is InChI=1S/C80H46N8/c1-82-62-47-73(87-71-40-20-38-69(85-65-34-16-8-26-52(65)53-27-9-17-35-66(53)85)79(71)60-45-74-58(43-76(60)87)56-30-12-14-32-63(56)83(74)50-22-4-2-5-23-50)49(48-81)42-78(62)88-72-41-21-39-70(86-67-36-18-10-28-54(67)55-29-11-19-37-68(55)86)80(72)61-46-75-59(44-77(61)88)57-31-13-15-33-64(57)84(75)51-24-6-3-7-25-51/h2-47H. The van der Waals surface area contributed by atoms with Gasteiger partial charge in [0.25, 0.3) is 0 Å². The molecule has 13 aromatic carbocycles. The molecule has 19 aromatic rings. The fraction of sp³-hybridized carbons (Fsp3) is 0. The largest absolute Gasteiger partial charge is 0.319 e. The quantitative estimate of drug-likeness (QED) is 0.153. The number of nitrogens with zero attached hydrogens (tertiary/aromatic N) is 8. The van der Waals surface area contributed by atoms with E-state index in [-0.39, 0.29) is 0 Å². The van der Waals surface area contributed by atoms with Crippen LogP contribution in [0.1, 0.15) is 5.56 Å². The molecule has 0 aliphatic carbocycles. The molecular weight excluding hydrogens is 1070 g/mol. The molecule has 8 heteroatoms. The molecule has 0 fully saturated rings. The topological polar surface area (TPSA) is 57.7 Å². The molecule has 0 N–H and O–H groups in total. The highest BCUT2D eigenvalue weighted by atomic mass is 15.1. The normalized spacial score (nSPS) is 12.1. The van der Waals surface area contributed by atoms with E-state index in [0.717, 1.165) is 132 Å². The molecule has 406 valence electrons. The number of benzene rings is 13. The minimum Gasteiger partial charge on any atom is -0.319 e. The first-order valence-electron chi connectivity index (χ1n) is 29.7. The summed E-state index contributed by atoms with van der Waals surface area (Å²) in [7, 11) is 0. The van der Waals surface area contributed by atoms with Crippen LogP contribution in [0.4, 0.5) is 5.69 Å². The summed E-state index contributed by atoms with van der Waals surface area (Å²) in [5.74, 6) is 0. The molecule has 0 atom stereocenters. The zero-order chi connectivity index (χ0) is 57.9. The third kappa shape index (κ3) is 6.44. The molecule has 0 saturated heterocycles. The highest BCUT2D eigenvalue weighted by molar-refractivity contribution is 6.24. The van der Waals surface area contributed by atoms with Gasteiger partial charge in [-0.05, 0) is 121 Å². The van der Waals surface area contributed by atoms with Crippen LogP contribution in [-0.2, 0) is 0 Å². The number of fused-ring (bicyclic) bond motifs is 18.